The SMILES string of the molecule is FC(F)(F)COCCNc1ncccn1. The first-order valence-electron chi connectivity index (χ1n) is 4.23. The fraction of sp³-hybridized carbons (Fsp3) is 0.500. The van der Waals surface area contributed by atoms with Crippen molar-refractivity contribution in [1.82, 2.24) is 9.97 Å². The van der Waals surface area contributed by atoms with Crippen molar-refractivity contribution in [1.29, 1.82) is 0 Å². The summed E-state index contributed by atoms with van der Waals surface area (Å²) in [5.74, 6) is 0.369. The van der Waals surface area contributed by atoms with E-state index in [4.69, 9.17) is 0 Å². The van der Waals surface area contributed by atoms with Gasteiger partial charge in [0.15, 0.2) is 0 Å². The molecule has 1 aromatic heterocycles. The Morgan fingerprint density at radius 2 is 1.93 bits per heavy atom. The molecule has 0 fully saturated rings. The first-order valence-corrected chi connectivity index (χ1v) is 4.23. The Kier molecular flexibility index (Phi) is 4.29. The Morgan fingerprint density at radius 1 is 1.27 bits per heavy atom. The minimum atomic E-state index is -4.27. The zero-order valence-electron chi connectivity index (χ0n) is 7.79. The summed E-state index contributed by atoms with van der Waals surface area (Å²) >= 11 is 0. The molecule has 1 N–H and O–H groups in total. The molecule has 15 heavy (non-hydrogen) atoms. The van der Waals surface area contributed by atoms with Gasteiger partial charge in [0.05, 0.1) is 6.61 Å². The molecule has 0 aliphatic rings. The second-order valence-corrected chi connectivity index (χ2v) is 2.67. The van der Waals surface area contributed by atoms with Gasteiger partial charge < -0.3 is 10.1 Å². The zero-order chi connectivity index (χ0) is 11.1. The number of nitrogens with one attached hydrogen (secondary N) is 1. The zero-order valence-corrected chi connectivity index (χ0v) is 7.79. The van der Waals surface area contributed by atoms with Gasteiger partial charge in [0.25, 0.3) is 0 Å². The van der Waals surface area contributed by atoms with E-state index in [0.29, 0.717) is 5.95 Å². The van der Waals surface area contributed by atoms with Crippen LogP contribution in [0.25, 0.3) is 0 Å². The molecule has 0 spiro atoms. The van der Waals surface area contributed by atoms with Gasteiger partial charge in [-0.1, -0.05) is 0 Å². The molecule has 0 aliphatic carbocycles. The van der Waals surface area contributed by atoms with E-state index in [9.17, 15) is 13.2 Å². The third-order valence-corrected chi connectivity index (χ3v) is 1.36. The molecule has 0 bridgehead atoms. The van der Waals surface area contributed by atoms with Crippen molar-refractivity contribution in [2.45, 2.75) is 6.18 Å². The second-order valence-electron chi connectivity index (χ2n) is 2.67. The number of halogens is 3. The molecule has 4 nitrogen and oxygen atoms in total. The van der Waals surface area contributed by atoms with E-state index in [0.717, 1.165) is 0 Å². The lowest BCUT2D eigenvalue weighted by atomic mass is 10.6. The third kappa shape index (κ3) is 5.84. The third-order valence-electron chi connectivity index (χ3n) is 1.36. The average molecular weight is 221 g/mol. The quantitative estimate of drug-likeness (QED) is 0.765. The largest absolute Gasteiger partial charge is 0.411 e. The molecule has 1 aromatic rings. The van der Waals surface area contributed by atoms with Crippen molar-refractivity contribution in [3.8, 4) is 0 Å². The molecule has 0 unspecified atom stereocenters. The minimum absolute atomic E-state index is 0.0439. The summed E-state index contributed by atoms with van der Waals surface area (Å²) < 4.78 is 39.3. The molecule has 0 radical (unpaired) electrons. The van der Waals surface area contributed by atoms with Crippen LogP contribution in [0.3, 0.4) is 0 Å². The molecular weight excluding hydrogens is 211 g/mol. The number of aromatic nitrogens is 2. The number of rotatable bonds is 5. The van der Waals surface area contributed by atoms with Gasteiger partial charge in [0.2, 0.25) is 5.95 Å². The van der Waals surface area contributed by atoms with Crippen LogP contribution in [0.2, 0.25) is 0 Å². The van der Waals surface area contributed by atoms with Gasteiger partial charge in [-0.25, -0.2) is 9.97 Å². The van der Waals surface area contributed by atoms with Crippen molar-refractivity contribution in [3.05, 3.63) is 18.5 Å². The van der Waals surface area contributed by atoms with Crippen LogP contribution in [0.4, 0.5) is 19.1 Å². The normalized spacial score (nSPS) is 11.4. The molecule has 0 amide bonds. The Bertz CT molecular complexity index is 278. The molecule has 0 aliphatic heterocycles. The number of alkyl halides is 3. The highest BCUT2D eigenvalue weighted by Gasteiger charge is 2.27. The van der Waals surface area contributed by atoms with Crippen molar-refractivity contribution in [3.63, 3.8) is 0 Å². The number of ether oxygens (including phenoxy) is 1. The van der Waals surface area contributed by atoms with Gasteiger partial charge in [0, 0.05) is 18.9 Å². The highest BCUT2D eigenvalue weighted by Crippen LogP contribution is 2.13. The van der Waals surface area contributed by atoms with Gasteiger partial charge in [-0.15, -0.1) is 0 Å². The molecule has 0 atom stereocenters. The summed E-state index contributed by atoms with van der Waals surface area (Å²) in [6.07, 6.45) is -1.21. The van der Waals surface area contributed by atoms with E-state index in [1.165, 1.54) is 12.4 Å². The monoisotopic (exact) mass is 221 g/mol. The van der Waals surface area contributed by atoms with Crippen LogP contribution in [-0.4, -0.2) is 35.9 Å². The standard InChI is InChI=1S/C8H10F3N3O/c9-8(10,11)6-15-5-4-14-7-12-2-1-3-13-7/h1-3H,4-6H2,(H,12,13,14). The van der Waals surface area contributed by atoms with Gasteiger partial charge in [0.1, 0.15) is 6.61 Å². The lowest BCUT2D eigenvalue weighted by Crippen LogP contribution is -2.20. The first-order chi connectivity index (χ1) is 7.08. The Balaban J connectivity index is 2.08. The van der Waals surface area contributed by atoms with Crippen LogP contribution in [-0.2, 0) is 4.74 Å². The predicted molar refractivity (Wildman–Crippen MR) is 47.4 cm³/mol. The van der Waals surface area contributed by atoms with E-state index in [2.05, 4.69) is 20.0 Å². The van der Waals surface area contributed by atoms with Crippen LogP contribution in [0, 0.1) is 0 Å². The Labute approximate surface area is 84.5 Å². The number of hydrogen-bond donors (Lipinski definition) is 1. The molecule has 0 saturated heterocycles. The number of anilines is 1. The van der Waals surface area contributed by atoms with E-state index in [-0.39, 0.29) is 13.2 Å². The highest BCUT2D eigenvalue weighted by atomic mass is 19.4. The predicted octanol–water partition coefficient (Wildman–Crippen LogP) is 1.47. The first kappa shape index (κ1) is 11.7. The summed E-state index contributed by atoms with van der Waals surface area (Å²) in [6.45, 7) is -1.04. The fourth-order valence-electron chi connectivity index (χ4n) is 0.813. The summed E-state index contributed by atoms with van der Waals surface area (Å²) in [7, 11) is 0. The smallest absolute Gasteiger partial charge is 0.370 e. The maximum absolute atomic E-state index is 11.6. The summed E-state index contributed by atoms with van der Waals surface area (Å²) in [5, 5.41) is 2.72. The van der Waals surface area contributed by atoms with Crippen molar-refractivity contribution in [2.24, 2.45) is 0 Å². The lowest BCUT2D eigenvalue weighted by Gasteiger charge is -2.07. The highest BCUT2D eigenvalue weighted by molar-refractivity contribution is 5.21. The van der Waals surface area contributed by atoms with Gasteiger partial charge in [-0.3, -0.25) is 0 Å². The fourth-order valence-corrected chi connectivity index (χ4v) is 0.813. The van der Waals surface area contributed by atoms with E-state index in [1.807, 2.05) is 0 Å². The molecule has 7 heteroatoms. The van der Waals surface area contributed by atoms with Crippen molar-refractivity contribution < 1.29 is 17.9 Å². The summed E-state index contributed by atoms with van der Waals surface area (Å²) in [5.41, 5.74) is 0. The maximum Gasteiger partial charge on any atom is 0.411 e. The van der Waals surface area contributed by atoms with Crippen molar-refractivity contribution in [2.75, 3.05) is 25.1 Å². The summed E-state index contributed by atoms with van der Waals surface area (Å²) in [6, 6.07) is 1.64. The number of hydrogen-bond acceptors (Lipinski definition) is 4. The second kappa shape index (κ2) is 5.50. The topological polar surface area (TPSA) is 47.0 Å². The van der Waals surface area contributed by atoms with E-state index in [1.54, 1.807) is 6.07 Å². The van der Waals surface area contributed by atoms with Crippen LogP contribution >= 0.6 is 0 Å². The van der Waals surface area contributed by atoms with Crippen molar-refractivity contribution >= 4 is 5.95 Å². The average Bonchev–Trinajstić information content (AvgIpc) is 2.17. The Hall–Kier alpha value is -1.37. The van der Waals surface area contributed by atoms with Crippen LogP contribution in [0.15, 0.2) is 18.5 Å². The molecule has 0 saturated carbocycles. The molecule has 1 heterocycles. The van der Waals surface area contributed by atoms with Crippen LogP contribution in [0.5, 0.6) is 0 Å². The molecular formula is C8H10F3N3O. The van der Waals surface area contributed by atoms with Gasteiger partial charge in [-0.2, -0.15) is 13.2 Å². The maximum atomic E-state index is 11.6. The van der Waals surface area contributed by atoms with E-state index < -0.39 is 12.8 Å². The molecule has 84 valence electrons. The molecule has 1 rings (SSSR count). The molecule has 0 aromatic carbocycles. The summed E-state index contributed by atoms with van der Waals surface area (Å²) in [4.78, 5) is 7.65. The van der Waals surface area contributed by atoms with Crippen LogP contribution in [0.1, 0.15) is 0 Å². The van der Waals surface area contributed by atoms with Crippen LogP contribution < -0.4 is 5.32 Å². The van der Waals surface area contributed by atoms with E-state index >= 15 is 0 Å². The number of nitrogens with zero attached hydrogens (tertiary/aromatic N) is 2. The van der Waals surface area contributed by atoms with Gasteiger partial charge >= 0.3 is 6.18 Å². The Morgan fingerprint density at radius 3 is 2.53 bits per heavy atom. The minimum Gasteiger partial charge on any atom is -0.370 e. The lowest BCUT2D eigenvalue weighted by molar-refractivity contribution is -0.172. The van der Waals surface area contributed by atoms with Gasteiger partial charge in [-0.05, 0) is 6.07 Å².